The van der Waals surface area contributed by atoms with Crippen LogP contribution in [0.5, 0.6) is 11.5 Å². The number of carbonyl (C=O) groups excluding carboxylic acids is 1. The maximum absolute atomic E-state index is 12.6. The summed E-state index contributed by atoms with van der Waals surface area (Å²) in [6, 6.07) is 19.6. The van der Waals surface area contributed by atoms with Crippen molar-refractivity contribution in [3.63, 3.8) is 0 Å². The molecule has 6 nitrogen and oxygen atoms in total. The van der Waals surface area contributed by atoms with E-state index in [9.17, 15) is 4.79 Å². The van der Waals surface area contributed by atoms with Crippen molar-refractivity contribution in [1.29, 1.82) is 0 Å². The molecular formula is C30H34N2O4. The van der Waals surface area contributed by atoms with Gasteiger partial charge in [-0.05, 0) is 76.6 Å². The summed E-state index contributed by atoms with van der Waals surface area (Å²) in [7, 11) is 0. The Kier molecular flexibility index (Phi) is 7.25. The first-order valence-corrected chi connectivity index (χ1v) is 12.3. The molecule has 3 N–H and O–H groups in total. The van der Waals surface area contributed by atoms with Gasteiger partial charge in [0, 0.05) is 27.6 Å². The molecule has 4 rings (SSSR count). The minimum atomic E-state index is -0.519. The van der Waals surface area contributed by atoms with Gasteiger partial charge in [0.05, 0.1) is 24.0 Å². The molecule has 0 aliphatic rings. The van der Waals surface area contributed by atoms with Gasteiger partial charge < -0.3 is 19.9 Å². The molecule has 188 valence electrons. The van der Waals surface area contributed by atoms with Crippen LogP contribution in [0.4, 0.5) is 16.2 Å². The number of nitrogens with one attached hydrogen (secondary N) is 1. The lowest BCUT2D eigenvalue weighted by Crippen LogP contribution is -2.18. The molecule has 0 radical (unpaired) electrons. The van der Waals surface area contributed by atoms with Crippen molar-refractivity contribution in [2.75, 3.05) is 11.1 Å². The molecular weight excluding hydrogens is 452 g/mol. The van der Waals surface area contributed by atoms with Crippen LogP contribution in [0.2, 0.25) is 0 Å². The summed E-state index contributed by atoms with van der Waals surface area (Å²) in [6.45, 7) is 11.6. The zero-order valence-electron chi connectivity index (χ0n) is 21.7. The SMILES string of the molecule is CC(C)OC(=O)Nc1cccc2ccc(OC(C)C)c(-c3c(OC(C)C)ccc4cccc(N)c34)c12. The van der Waals surface area contributed by atoms with Crippen LogP contribution in [0.3, 0.4) is 0 Å². The molecule has 0 heterocycles. The minimum absolute atomic E-state index is 0.0609. The fourth-order valence-corrected chi connectivity index (χ4v) is 4.41. The molecule has 36 heavy (non-hydrogen) atoms. The molecule has 0 saturated heterocycles. The van der Waals surface area contributed by atoms with Gasteiger partial charge in [0.2, 0.25) is 0 Å². The van der Waals surface area contributed by atoms with Gasteiger partial charge in [0.25, 0.3) is 0 Å². The van der Waals surface area contributed by atoms with E-state index < -0.39 is 6.09 Å². The molecule has 0 atom stereocenters. The first-order valence-electron chi connectivity index (χ1n) is 12.3. The molecule has 6 heteroatoms. The van der Waals surface area contributed by atoms with Gasteiger partial charge in [0.15, 0.2) is 0 Å². The molecule has 0 aliphatic heterocycles. The van der Waals surface area contributed by atoms with Crippen molar-refractivity contribution in [3.8, 4) is 22.6 Å². The Balaban J connectivity index is 2.13. The Morgan fingerprint density at radius 1 is 0.694 bits per heavy atom. The standard InChI is InChI=1S/C30H34N2O4/c1-17(2)34-24-15-13-20-9-7-11-22(31)26(20)28(24)29-25(35-18(3)4)16-14-21-10-8-12-23(27(21)29)32-30(33)36-19(5)6/h7-19H,31H2,1-6H3,(H,32,33). The normalized spacial score (nSPS) is 11.5. The summed E-state index contributed by atoms with van der Waals surface area (Å²) in [4.78, 5) is 12.6. The highest BCUT2D eigenvalue weighted by atomic mass is 16.6. The summed E-state index contributed by atoms with van der Waals surface area (Å²) in [5, 5.41) is 6.55. The van der Waals surface area contributed by atoms with E-state index in [0.29, 0.717) is 22.9 Å². The Morgan fingerprint density at radius 3 is 1.78 bits per heavy atom. The topological polar surface area (TPSA) is 82.8 Å². The minimum Gasteiger partial charge on any atom is -0.490 e. The third-order valence-corrected chi connectivity index (χ3v) is 5.60. The van der Waals surface area contributed by atoms with Crippen LogP contribution in [0.15, 0.2) is 60.7 Å². The van der Waals surface area contributed by atoms with Crippen molar-refractivity contribution in [3.05, 3.63) is 60.7 Å². The van der Waals surface area contributed by atoms with E-state index in [2.05, 4.69) is 5.32 Å². The molecule has 0 bridgehead atoms. The van der Waals surface area contributed by atoms with Crippen LogP contribution in [0.25, 0.3) is 32.7 Å². The van der Waals surface area contributed by atoms with Crippen molar-refractivity contribution >= 4 is 39.0 Å². The van der Waals surface area contributed by atoms with Gasteiger partial charge in [0.1, 0.15) is 11.5 Å². The highest BCUT2D eigenvalue weighted by Crippen LogP contribution is 2.49. The lowest BCUT2D eigenvalue weighted by molar-refractivity contribution is 0.130. The number of rotatable bonds is 7. The second-order valence-electron chi connectivity index (χ2n) is 9.64. The smallest absolute Gasteiger partial charge is 0.411 e. The zero-order valence-corrected chi connectivity index (χ0v) is 21.7. The van der Waals surface area contributed by atoms with Gasteiger partial charge in [-0.15, -0.1) is 0 Å². The number of nitrogens with two attached hydrogens (primary N) is 1. The summed E-state index contributed by atoms with van der Waals surface area (Å²) < 4.78 is 18.0. The quantitative estimate of drug-likeness (QED) is 0.261. The van der Waals surface area contributed by atoms with Crippen LogP contribution in [0, 0.1) is 0 Å². The van der Waals surface area contributed by atoms with Gasteiger partial charge in [-0.3, -0.25) is 5.32 Å². The number of carbonyl (C=O) groups is 1. The number of amides is 1. The fraction of sp³-hybridized carbons (Fsp3) is 0.300. The van der Waals surface area contributed by atoms with Gasteiger partial charge in [-0.1, -0.05) is 36.4 Å². The number of anilines is 2. The number of ether oxygens (including phenoxy) is 3. The highest BCUT2D eigenvalue weighted by molar-refractivity contribution is 6.17. The monoisotopic (exact) mass is 486 g/mol. The molecule has 0 aliphatic carbocycles. The average molecular weight is 487 g/mol. The van der Waals surface area contributed by atoms with Crippen molar-refractivity contribution in [2.24, 2.45) is 0 Å². The van der Waals surface area contributed by atoms with E-state index in [-0.39, 0.29) is 18.3 Å². The van der Waals surface area contributed by atoms with Crippen molar-refractivity contribution in [1.82, 2.24) is 0 Å². The van der Waals surface area contributed by atoms with E-state index in [1.807, 2.05) is 102 Å². The number of hydrogen-bond donors (Lipinski definition) is 2. The predicted molar refractivity (Wildman–Crippen MR) is 148 cm³/mol. The molecule has 0 saturated carbocycles. The Bertz CT molecular complexity index is 1410. The second kappa shape index (κ2) is 10.4. The van der Waals surface area contributed by atoms with Crippen LogP contribution in [-0.2, 0) is 4.74 Å². The fourth-order valence-electron chi connectivity index (χ4n) is 4.41. The second-order valence-corrected chi connectivity index (χ2v) is 9.64. The summed E-state index contributed by atoms with van der Waals surface area (Å²) in [5.41, 5.74) is 9.46. The summed E-state index contributed by atoms with van der Waals surface area (Å²) >= 11 is 0. The molecule has 0 spiro atoms. The number of fused-ring (bicyclic) bond motifs is 2. The third-order valence-electron chi connectivity index (χ3n) is 5.60. The molecule has 0 aromatic heterocycles. The maximum Gasteiger partial charge on any atom is 0.411 e. The maximum atomic E-state index is 12.6. The van der Waals surface area contributed by atoms with E-state index in [1.165, 1.54) is 0 Å². The van der Waals surface area contributed by atoms with Crippen LogP contribution in [-0.4, -0.2) is 24.4 Å². The van der Waals surface area contributed by atoms with Gasteiger partial charge >= 0.3 is 6.09 Å². The molecule has 4 aromatic rings. The first-order chi connectivity index (χ1) is 17.2. The first kappa shape index (κ1) is 25.2. The highest BCUT2D eigenvalue weighted by Gasteiger charge is 2.23. The Morgan fingerprint density at radius 2 is 1.22 bits per heavy atom. The van der Waals surface area contributed by atoms with Crippen LogP contribution >= 0.6 is 0 Å². The van der Waals surface area contributed by atoms with Gasteiger partial charge in [-0.2, -0.15) is 0 Å². The summed E-state index contributed by atoms with van der Waals surface area (Å²) in [6.07, 6.45) is -0.902. The third kappa shape index (κ3) is 5.18. The van der Waals surface area contributed by atoms with Crippen molar-refractivity contribution in [2.45, 2.75) is 59.9 Å². The van der Waals surface area contributed by atoms with E-state index in [1.54, 1.807) is 0 Å². The lowest BCUT2D eigenvalue weighted by Gasteiger charge is -2.23. The number of nitrogen functional groups attached to an aromatic ring is 1. The van der Waals surface area contributed by atoms with Crippen LogP contribution in [0.1, 0.15) is 41.5 Å². The van der Waals surface area contributed by atoms with E-state index in [4.69, 9.17) is 19.9 Å². The Labute approximate surface area is 212 Å². The zero-order chi connectivity index (χ0) is 26.0. The molecule has 0 fully saturated rings. The van der Waals surface area contributed by atoms with E-state index >= 15 is 0 Å². The lowest BCUT2D eigenvalue weighted by atomic mass is 9.90. The predicted octanol–water partition coefficient (Wildman–Crippen LogP) is 7.77. The number of hydrogen-bond acceptors (Lipinski definition) is 5. The van der Waals surface area contributed by atoms with E-state index in [0.717, 1.165) is 32.7 Å². The largest absolute Gasteiger partial charge is 0.490 e. The van der Waals surface area contributed by atoms with Gasteiger partial charge in [-0.25, -0.2) is 4.79 Å². The average Bonchev–Trinajstić information content (AvgIpc) is 2.78. The van der Waals surface area contributed by atoms with Crippen molar-refractivity contribution < 1.29 is 19.0 Å². The van der Waals surface area contributed by atoms with Crippen LogP contribution < -0.4 is 20.5 Å². The molecule has 1 amide bonds. The number of benzene rings is 4. The molecule has 0 unspecified atom stereocenters. The molecule has 4 aromatic carbocycles. The Hall–Kier alpha value is -3.93. The summed E-state index contributed by atoms with van der Waals surface area (Å²) in [5.74, 6) is 1.37.